The minimum atomic E-state index is -4.68. The van der Waals surface area contributed by atoms with Crippen LogP contribution in [0.1, 0.15) is 21.9 Å². The van der Waals surface area contributed by atoms with Gasteiger partial charge in [0.2, 0.25) is 11.8 Å². The van der Waals surface area contributed by atoms with E-state index in [9.17, 15) is 32.3 Å². The lowest BCUT2D eigenvalue weighted by atomic mass is 9.82. The average molecular weight is 721 g/mol. The van der Waals surface area contributed by atoms with Gasteiger partial charge in [0.05, 0.1) is 29.3 Å². The zero-order valence-corrected chi connectivity index (χ0v) is 26.2. The number of aromatic amines is 1. The maximum absolute atomic E-state index is 14.0. The number of nitrogens with zero attached hydrogens (tertiary/aromatic N) is 1. The highest BCUT2D eigenvalue weighted by molar-refractivity contribution is 9.10. The van der Waals surface area contributed by atoms with Crippen LogP contribution in [-0.4, -0.2) is 41.7 Å². The number of halogens is 4. The number of thiazole rings is 1. The number of carbonyl (C=O) groups is 3. The van der Waals surface area contributed by atoms with Gasteiger partial charge in [-0.2, -0.15) is 13.2 Å². The van der Waals surface area contributed by atoms with Crippen molar-refractivity contribution < 1.29 is 37.0 Å². The zero-order chi connectivity index (χ0) is 32.0. The number of H-pyrrole nitrogens is 1. The Bertz CT molecular complexity index is 1880. The van der Waals surface area contributed by atoms with E-state index >= 15 is 0 Å². The summed E-state index contributed by atoms with van der Waals surface area (Å²) in [6.45, 7) is -0.407. The highest BCUT2D eigenvalue weighted by Crippen LogP contribution is 2.55. The van der Waals surface area contributed by atoms with Crippen molar-refractivity contribution >= 4 is 68.1 Å². The van der Waals surface area contributed by atoms with Crippen molar-refractivity contribution in [3.63, 3.8) is 0 Å². The molecule has 3 heterocycles. The second kappa shape index (κ2) is 12.0. The lowest BCUT2D eigenvalue weighted by molar-refractivity contribution is -0.137. The summed E-state index contributed by atoms with van der Waals surface area (Å²) >= 11 is 5.30. The van der Waals surface area contributed by atoms with Gasteiger partial charge in [-0.3, -0.25) is 19.2 Å². The van der Waals surface area contributed by atoms with Gasteiger partial charge < -0.3 is 19.8 Å². The standard InChI is InChI=1S/C30H21BrF3N3O6S2/c1-42-18-8-6-16(7-9-18)35-21(38)13-43-20-10-5-15(31)12-19(20)22-23-25(44-26-24(22)45-29(41)36-26)28(40)37(27(23)39)17-4-2-3-14(11-17)30(32,33)34/h2-12,22-23,25H,13H2,1H3,(H,35,38)(H,36,41)/t22-,23-,25+/m0/s1. The number of methoxy groups -OCH3 is 1. The largest absolute Gasteiger partial charge is 0.497 e. The number of hydrogen-bond acceptors (Lipinski definition) is 8. The van der Waals surface area contributed by atoms with E-state index in [0.29, 0.717) is 31.4 Å². The summed E-state index contributed by atoms with van der Waals surface area (Å²) in [7, 11) is 1.53. The van der Waals surface area contributed by atoms with E-state index in [1.54, 1.807) is 42.5 Å². The van der Waals surface area contributed by atoms with Gasteiger partial charge in [-0.05, 0) is 60.7 Å². The first-order chi connectivity index (χ1) is 21.4. The molecule has 1 fully saturated rings. The summed E-state index contributed by atoms with van der Waals surface area (Å²) in [6.07, 6.45) is -4.68. The number of rotatable bonds is 7. The lowest BCUT2D eigenvalue weighted by Gasteiger charge is -2.31. The number of amides is 3. The van der Waals surface area contributed by atoms with Crippen LogP contribution in [0.4, 0.5) is 24.5 Å². The maximum Gasteiger partial charge on any atom is 0.416 e. The fraction of sp³-hybridized carbons (Fsp3) is 0.200. The number of carbonyl (C=O) groups excluding carboxylic acids is 3. The molecule has 0 radical (unpaired) electrons. The first kappa shape index (κ1) is 30.9. The Kier molecular flexibility index (Phi) is 8.26. The molecule has 3 amide bonds. The molecule has 9 nitrogen and oxygen atoms in total. The average Bonchev–Trinajstić information content (AvgIpc) is 3.50. The van der Waals surface area contributed by atoms with Crippen LogP contribution in [0.25, 0.3) is 0 Å². The van der Waals surface area contributed by atoms with Gasteiger partial charge in [0.1, 0.15) is 16.7 Å². The maximum atomic E-state index is 14.0. The van der Waals surface area contributed by atoms with Crippen LogP contribution in [-0.2, 0) is 20.6 Å². The van der Waals surface area contributed by atoms with Gasteiger partial charge >= 0.3 is 11.0 Å². The monoisotopic (exact) mass is 719 g/mol. The highest BCUT2D eigenvalue weighted by Gasteiger charge is 2.57. The third kappa shape index (κ3) is 5.99. The topological polar surface area (TPSA) is 118 Å². The lowest BCUT2D eigenvalue weighted by Crippen LogP contribution is -2.32. The van der Waals surface area contributed by atoms with Crippen molar-refractivity contribution in [2.45, 2.75) is 22.4 Å². The molecule has 3 atom stereocenters. The fourth-order valence-corrected chi connectivity index (χ4v) is 8.22. The molecule has 45 heavy (non-hydrogen) atoms. The number of fused-ring (bicyclic) bond motifs is 2. The molecule has 1 saturated heterocycles. The molecule has 2 aliphatic rings. The molecule has 3 aromatic carbocycles. The van der Waals surface area contributed by atoms with E-state index in [2.05, 4.69) is 26.2 Å². The van der Waals surface area contributed by atoms with E-state index in [0.717, 1.165) is 46.2 Å². The van der Waals surface area contributed by atoms with Crippen LogP contribution in [0.15, 0.2) is 81.0 Å². The zero-order valence-electron chi connectivity index (χ0n) is 23.0. The molecule has 2 N–H and O–H groups in total. The van der Waals surface area contributed by atoms with Crippen molar-refractivity contribution in [1.29, 1.82) is 0 Å². The third-order valence-corrected chi connectivity index (χ3v) is 10.2. The number of ether oxygens (including phenoxy) is 2. The Morgan fingerprint density at radius 3 is 2.51 bits per heavy atom. The van der Waals surface area contributed by atoms with E-state index in [4.69, 9.17) is 9.47 Å². The Labute approximate surface area is 269 Å². The number of anilines is 2. The predicted octanol–water partition coefficient (Wildman–Crippen LogP) is 6.04. The number of hydrogen-bond donors (Lipinski definition) is 2. The number of alkyl halides is 3. The smallest absolute Gasteiger partial charge is 0.416 e. The van der Waals surface area contributed by atoms with Gasteiger partial charge in [-0.15, -0.1) is 0 Å². The van der Waals surface area contributed by atoms with Crippen LogP contribution < -0.4 is 24.6 Å². The molecule has 232 valence electrons. The third-order valence-electron chi connectivity index (χ3n) is 7.30. The van der Waals surface area contributed by atoms with Crippen molar-refractivity contribution in [2.75, 3.05) is 23.9 Å². The van der Waals surface area contributed by atoms with Crippen LogP contribution in [0.5, 0.6) is 11.5 Å². The van der Waals surface area contributed by atoms with Crippen LogP contribution in [0.3, 0.4) is 0 Å². The molecular formula is C30H21BrF3N3O6S2. The summed E-state index contributed by atoms with van der Waals surface area (Å²) in [6, 6.07) is 15.7. The van der Waals surface area contributed by atoms with Crippen LogP contribution in [0.2, 0.25) is 0 Å². The Balaban J connectivity index is 1.35. The molecule has 0 saturated carbocycles. The second-order valence-electron chi connectivity index (χ2n) is 10.1. The predicted molar refractivity (Wildman–Crippen MR) is 165 cm³/mol. The molecule has 2 aliphatic heterocycles. The first-order valence-corrected chi connectivity index (χ1v) is 15.7. The van der Waals surface area contributed by atoms with Gasteiger partial charge in [0, 0.05) is 26.5 Å². The number of aromatic nitrogens is 1. The van der Waals surface area contributed by atoms with E-state index in [-0.39, 0.29) is 11.4 Å². The molecular weight excluding hydrogens is 699 g/mol. The summed E-state index contributed by atoms with van der Waals surface area (Å²) < 4.78 is 52.1. The van der Waals surface area contributed by atoms with E-state index in [1.807, 2.05) is 0 Å². The summed E-state index contributed by atoms with van der Waals surface area (Å²) in [5.74, 6) is -3.01. The molecule has 0 spiro atoms. The number of benzene rings is 3. The van der Waals surface area contributed by atoms with E-state index in [1.165, 1.54) is 13.2 Å². The Hall–Kier alpha value is -4.08. The SMILES string of the molecule is COc1ccc(NC(=O)COc2ccc(Br)cc2[C@@H]2c3sc(=O)[nH]c3S[C@H]3C(=O)N(c4cccc(C(F)(F)F)c4)C(=O)[C@@H]23)cc1. The number of nitrogens with one attached hydrogen (secondary N) is 2. The molecule has 0 bridgehead atoms. The number of thioether (sulfide) groups is 1. The second-order valence-corrected chi connectivity index (χ2v) is 13.1. The molecule has 0 aliphatic carbocycles. The normalized spacial score (nSPS) is 19.2. The summed E-state index contributed by atoms with van der Waals surface area (Å²) in [4.78, 5) is 56.5. The quantitative estimate of drug-likeness (QED) is 0.224. The van der Waals surface area contributed by atoms with Crippen LogP contribution in [0, 0.1) is 5.92 Å². The Morgan fingerprint density at radius 1 is 1.04 bits per heavy atom. The first-order valence-electron chi connectivity index (χ1n) is 13.3. The van der Waals surface area contributed by atoms with Gasteiger partial charge in [-0.25, -0.2) is 4.90 Å². The molecule has 4 aromatic rings. The summed E-state index contributed by atoms with van der Waals surface area (Å²) in [5, 5.41) is 2.06. The highest BCUT2D eigenvalue weighted by atomic mass is 79.9. The summed E-state index contributed by atoms with van der Waals surface area (Å²) in [5.41, 5.74) is -0.274. The van der Waals surface area contributed by atoms with Gasteiger partial charge in [0.25, 0.3) is 5.91 Å². The van der Waals surface area contributed by atoms with E-state index < -0.39 is 58.0 Å². The molecule has 0 unspecified atom stereocenters. The van der Waals surface area contributed by atoms with Crippen molar-refractivity contribution in [3.05, 3.63) is 96.9 Å². The van der Waals surface area contributed by atoms with Gasteiger partial charge in [-0.1, -0.05) is 45.1 Å². The van der Waals surface area contributed by atoms with Crippen molar-refractivity contribution in [3.8, 4) is 11.5 Å². The van der Waals surface area contributed by atoms with Gasteiger partial charge in [0.15, 0.2) is 6.61 Å². The molecule has 6 rings (SSSR count). The number of imide groups is 1. The molecule has 15 heteroatoms. The fourth-order valence-electron chi connectivity index (χ4n) is 5.34. The minimum Gasteiger partial charge on any atom is -0.497 e. The van der Waals surface area contributed by atoms with Crippen molar-refractivity contribution in [1.82, 2.24) is 4.98 Å². The molecule has 1 aromatic heterocycles. The van der Waals surface area contributed by atoms with Crippen LogP contribution >= 0.6 is 39.0 Å². The Morgan fingerprint density at radius 2 is 1.80 bits per heavy atom. The van der Waals surface area contributed by atoms with Crippen molar-refractivity contribution in [2.24, 2.45) is 5.92 Å². The minimum absolute atomic E-state index is 0.202.